The summed E-state index contributed by atoms with van der Waals surface area (Å²) in [7, 11) is -2.00. The smallest absolute Gasteiger partial charge is 0.353 e. The molecular weight excluding hydrogens is 505 g/mol. The molecule has 0 unspecified atom stereocenters. The van der Waals surface area contributed by atoms with Crippen molar-refractivity contribution in [3.05, 3.63) is 59.1 Å². The van der Waals surface area contributed by atoms with Gasteiger partial charge in [-0.25, -0.2) is 0 Å². The quantitative estimate of drug-likeness (QED) is 0.224. The third-order valence-corrected chi connectivity index (χ3v) is 10.2. The van der Waals surface area contributed by atoms with Gasteiger partial charge in [-0.1, -0.05) is 64.3 Å². The van der Waals surface area contributed by atoms with Crippen molar-refractivity contribution in [2.45, 2.75) is 103 Å². The molecule has 2 aromatic rings. The van der Waals surface area contributed by atoms with E-state index in [2.05, 4.69) is 45.1 Å². The Morgan fingerprint density at radius 1 is 0.865 bits per heavy atom. The van der Waals surface area contributed by atoms with Crippen LogP contribution in [0.1, 0.15) is 90.5 Å². The van der Waals surface area contributed by atoms with E-state index in [1.165, 1.54) is 12.8 Å². The Balaban J connectivity index is 2.16. The van der Waals surface area contributed by atoms with Crippen LogP contribution in [-0.4, -0.2) is 25.1 Å². The lowest BCUT2D eigenvalue weighted by Crippen LogP contribution is -2.35. The molecule has 0 aliphatic heterocycles. The van der Waals surface area contributed by atoms with Gasteiger partial charge < -0.3 is 19.1 Å². The molecule has 0 amide bonds. The fourth-order valence-electron chi connectivity index (χ4n) is 5.38. The molecule has 0 radical (unpaired) electrons. The topological polar surface area (TPSA) is 56.8 Å². The van der Waals surface area contributed by atoms with Crippen LogP contribution in [0.4, 0.5) is 5.69 Å². The van der Waals surface area contributed by atoms with Gasteiger partial charge in [-0.05, 0) is 86.4 Å². The minimum Gasteiger partial charge on any atom is -0.497 e. The molecule has 1 N–H and O–H groups in total. The van der Waals surface area contributed by atoms with Crippen molar-refractivity contribution in [1.29, 1.82) is 0 Å². The zero-order valence-electron chi connectivity index (χ0n) is 23.1. The van der Waals surface area contributed by atoms with Crippen LogP contribution in [0.5, 0.6) is 5.75 Å². The molecule has 2 aromatic carbocycles. The molecular formula is C30H45ClNO4P. The Bertz CT molecular complexity index is 952. The summed E-state index contributed by atoms with van der Waals surface area (Å²) in [4.78, 5) is 0. The van der Waals surface area contributed by atoms with Gasteiger partial charge in [-0.3, -0.25) is 4.57 Å². The Morgan fingerprint density at radius 3 is 1.84 bits per heavy atom. The summed E-state index contributed by atoms with van der Waals surface area (Å²) in [6.45, 7) is 8.31. The third kappa shape index (κ3) is 7.99. The molecule has 1 fully saturated rings. The Kier molecular flexibility index (Phi) is 11.8. The van der Waals surface area contributed by atoms with E-state index in [0.29, 0.717) is 10.9 Å². The molecule has 0 bridgehead atoms. The molecule has 1 aliphatic rings. The predicted molar refractivity (Wildman–Crippen MR) is 155 cm³/mol. The fourth-order valence-corrected chi connectivity index (χ4v) is 8.37. The fraction of sp³-hybridized carbons (Fsp3) is 0.600. The minimum absolute atomic E-state index is 0.0589. The van der Waals surface area contributed by atoms with Crippen LogP contribution in [0.2, 0.25) is 5.02 Å². The molecule has 0 aromatic heterocycles. The van der Waals surface area contributed by atoms with E-state index in [-0.39, 0.29) is 18.1 Å². The summed E-state index contributed by atoms with van der Waals surface area (Å²) in [5, 5.41) is 4.36. The molecule has 0 spiro atoms. The predicted octanol–water partition coefficient (Wildman–Crippen LogP) is 9.66. The van der Waals surface area contributed by atoms with E-state index < -0.39 is 13.4 Å². The van der Waals surface area contributed by atoms with E-state index in [9.17, 15) is 0 Å². The number of nitrogens with one attached hydrogen (secondary N) is 1. The summed E-state index contributed by atoms with van der Waals surface area (Å²) in [6.07, 6.45) is 7.34. The van der Waals surface area contributed by atoms with Gasteiger partial charge in [0.05, 0.1) is 19.3 Å². The van der Waals surface area contributed by atoms with Crippen molar-refractivity contribution in [2.75, 3.05) is 12.4 Å². The molecule has 5 nitrogen and oxygen atoms in total. The normalized spacial score (nSPS) is 16.3. The molecule has 2 atom stereocenters. The van der Waals surface area contributed by atoms with E-state index in [1.54, 1.807) is 7.11 Å². The second-order valence-corrected chi connectivity index (χ2v) is 12.6. The lowest BCUT2D eigenvalue weighted by molar-refractivity contribution is 0.0980. The van der Waals surface area contributed by atoms with E-state index in [1.807, 2.05) is 36.4 Å². The number of methoxy groups -OCH3 is 1. The summed E-state index contributed by atoms with van der Waals surface area (Å²) in [6, 6.07) is 15.8. The Labute approximate surface area is 229 Å². The lowest BCUT2D eigenvalue weighted by atomic mass is 9.84. The van der Waals surface area contributed by atoms with Gasteiger partial charge in [0.15, 0.2) is 0 Å². The number of anilines is 1. The number of rotatable bonds is 15. The highest BCUT2D eigenvalue weighted by atomic mass is 35.5. The average Bonchev–Trinajstić information content (AvgIpc) is 3.46. The summed E-state index contributed by atoms with van der Waals surface area (Å²) in [5.74, 6) is 0.528. The van der Waals surface area contributed by atoms with Gasteiger partial charge in [0, 0.05) is 16.6 Å². The Morgan fingerprint density at radius 2 is 1.38 bits per heavy atom. The van der Waals surface area contributed by atoms with Gasteiger partial charge in [-0.15, -0.1) is 0 Å². The average molecular weight is 550 g/mol. The van der Waals surface area contributed by atoms with Crippen LogP contribution in [-0.2, 0) is 13.6 Å². The maximum absolute atomic E-state index is 15.2. The first-order chi connectivity index (χ1) is 17.9. The van der Waals surface area contributed by atoms with Crippen LogP contribution >= 0.6 is 19.2 Å². The van der Waals surface area contributed by atoms with E-state index in [4.69, 9.17) is 25.4 Å². The van der Waals surface area contributed by atoms with Crippen LogP contribution < -0.4 is 10.1 Å². The zero-order chi connectivity index (χ0) is 26.8. The SMILES string of the molecule is CCC(CC)OP(=O)(OC(CC)CC)[C@@H](Nc1ccc(OC)cc1)[C@@H](c1ccc(Cl)cc1)C1CCCC1. The maximum atomic E-state index is 15.2. The van der Waals surface area contributed by atoms with Gasteiger partial charge in [0.25, 0.3) is 0 Å². The van der Waals surface area contributed by atoms with Crippen LogP contribution in [0, 0.1) is 5.92 Å². The van der Waals surface area contributed by atoms with Crippen LogP contribution in [0.15, 0.2) is 48.5 Å². The molecule has 1 saturated carbocycles. The van der Waals surface area contributed by atoms with Gasteiger partial charge >= 0.3 is 7.60 Å². The number of hydrogen-bond acceptors (Lipinski definition) is 5. The monoisotopic (exact) mass is 549 g/mol. The van der Waals surface area contributed by atoms with E-state index in [0.717, 1.165) is 55.5 Å². The highest BCUT2D eigenvalue weighted by Gasteiger charge is 2.47. The molecule has 37 heavy (non-hydrogen) atoms. The summed E-state index contributed by atoms with van der Waals surface area (Å²) in [5.41, 5.74) is 1.98. The standard InChI is InChI=1S/C30H45ClNO4P/c1-6-26(7-2)35-37(33,36-27(8-3)9-4)30(32-25-18-20-28(34-5)21-19-25)29(22-12-10-11-13-22)23-14-16-24(31)17-15-23/h14-22,26-27,29-30,32H,6-13H2,1-5H3/t29-,30-/m1/s1. The van der Waals surface area contributed by atoms with Gasteiger partial charge in [0.1, 0.15) is 11.5 Å². The third-order valence-electron chi connectivity index (χ3n) is 7.66. The van der Waals surface area contributed by atoms with Crippen LogP contribution in [0.25, 0.3) is 0 Å². The minimum atomic E-state index is -3.65. The van der Waals surface area contributed by atoms with Gasteiger partial charge in [0.2, 0.25) is 0 Å². The first-order valence-corrected chi connectivity index (χ1v) is 16.0. The number of hydrogen-bond donors (Lipinski definition) is 1. The van der Waals surface area contributed by atoms with Crippen molar-refractivity contribution in [3.8, 4) is 5.75 Å². The summed E-state index contributed by atoms with van der Waals surface area (Å²) < 4.78 is 33.7. The van der Waals surface area contributed by atoms with Crippen molar-refractivity contribution < 1.29 is 18.3 Å². The highest BCUT2D eigenvalue weighted by molar-refractivity contribution is 7.54. The van der Waals surface area contributed by atoms with Crippen molar-refractivity contribution in [2.24, 2.45) is 5.92 Å². The second-order valence-electron chi connectivity index (χ2n) is 10.1. The molecule has 206 valence electrons. The first-order valence-electron chi connectivity index (χ1n) is 14.0. The lowest BCUT2D eigenvalue weighted by Gasteiger charge is -2.39. The molecule has 3 rings (SSSR count). The zero-order valence-corrected chi connectivity index (χ0v) is 24.8. The maximum Gasteiger partial charge on any atom is 0.353 e. The molecule has 7 heteroatoms. The molecule has 1 aliphatic carbocycles. The van der Waals surface area contributed by atoms with Crippen molar-refractivity contribution in [3.63, 3.8) is 0 Å². The Hall–Kier alpha value is -1.52. The number of halogens is 1. The van der Waals surface area contributed by atoms with Crippen LogP contribution in [0.3, 0.4) is 0 Å². The number of benzene rings is 2. The number of ether oxygens (including phenoxy) is 1. The highest BCUT2D eigenvalue weighted by Crippen LogP contribution is 2.62. The second kappa shape index (κ2) is 14.6. The molecule has 0 saturated heterocycles. The largest absolute Gasteiger partial charge is 0.497 e. The first kappa shape index (κ1) is 30.0. The van der Waals surface area contributed by atoms with Gasteiger partial charge in [-0.2, -0.15) is 0 Å². The van der Waals surface area contributed by atoms with Crippen molar-refractivity contribution in [1.82, 2.24) is 0 Å². The summed E-state index contributed by atoms with van der Waals surface area (Å²) >= 11 is 6.29. The molecule has 0 heterocycles. The van der Waals surface area contributed by atoms with Crippen molar-refractivity contribution >= 4 is 24.9 Å². The van der Waals surface area contributed by atoms with E-state index >= 15 is 4.57 Å².